The number of ether oxygens (including phenoxy) is 1. The molecule has 3 nitrogen and oxygen atoms in total. The van der Waals surface area contributed by atoms with Crippen molar-refractivity contribution in [2.75, 3.05) is 20.2 Å². The van der Waals surface area contributed by atoms with Crippen molar-refractivity contribution < 1.29 is 4.74 Å². The van der Waals surface area contributed by atoms with Crippen LogP contribution in [0.3, 0.4) is 0 Å². The van der Waals surface area contributed by atoms with E-state index in [-0.39, 0.29) is 0 Å². The molecule has 0 aromatic carbocycles. The van der Waals surface area contributed by atoms with E-state index in [2.05, 4.69) is 38.0 Å². The van der Waals surface area contributed by atoms with Gasteiger partial charge in [-0.1, -0.05) is 13.8 Å². The van der Waals surface area contributed by atoms with Crippen molar-refractivity contribution in [3.8, 4) is 0 Å². The molecule has 1 heterocycles. The molecule has 1 aliphatic carbocycles. The fraction of sp³-hybridized carbons (Fsp3) is 1.00. The average Bonchev–Trinajstić information content (AvgIpc) is 2.62. The fourth-order valence-corrected chi connectivity index (χ4v) is 3.21. The molecule has 2 aliphatic rings. The lowest BCUT2D eigenvalue weighted by molar-refractivity contribution is 0.0160. The van der Waals surface area contributed by atoms with Gasteiger partial charge in [-0.25, -0.2) is 0 Å². The van der Waals surface area contributed by atoms with Crippen LogP contribution in [-0.2, 0) is 4.74 Å². The molecule has 0 bridgehead atoms. The quantitative estimate of drug-likeness (QED) is 0.794. The lowest BCUT2D eigenvalue weighted by atomic mass is 9.77. The molecule has 2 fully saturated rings. The summed E-state index contributed by atoms with van der Waals surface area (Å²) in [5, 5.41) is 3.58. The Balaban J connectivity index is 1.81. The minimum Gasteiger partial charge on any atom is -0.377 e. The molecule has 2 rings (SSSR count). The highest BCUT2D eigenvalue weighted by Crippen LogP contribution is 2.34. The molecule has 0 amide bonds. The number of hydrogen-bond donors (Lipinski definition) is 1. The average molecular weight is 240 g/mol. The molecule has 1 N–H and O–H groups in total. The van der Waals surface area contributed by atoms with Gasteiger partial charge in [-0.05, 0) is 45.7 Å². The summed E-state index contributed by atoms with van der Waals surface area (Å²) in [6.45, 7) is 8.79. The van der Waals surface area contributed by atoms with Crippen LogP contribution in [0.1, 0.15) is 40.0 Å². The summed E-state index contributed by atoms with van der Waals surface area (Å²) in [7, 11) is 2.29. The molecule has 0 aromatic rings. The maximum atomic E-state index is 5.68. The Bertz CT molecular complexity index is 244. The zero-order chi connectivity index (χ0) is 12.4. The Hall–Kier alpha value is -0.120. The second-order valence-corrected chi connectivity index (χ2v) is 6.07. The first-order valence-electron chi connectivity index (χ1n) is 7.16. The van der Waals surface area contributed by atoms with Gasteiger partial charge < -0.3 is 10.1 Å². The van der Waals surface area contributed by atoms with Crippen LogP contribution >= 0.6 is 0 Å². The van der Waals surface area contributed by atoms with Gasteiger partial charge in [0.05, 0.1) is 6.10 Å². The van der Waals surface area contributed by atoms with Crippen LogP contribution in [-0.4, -0.2) is 49.3 Å². The molecule has 1 saturated carbocycles. The number of nitrogens with one attached hydrogen (secondary N) is 1. The van der Waals surface area contributed by atoms with Crippen LogP contribution in [0.5, 0.6) is 0 Å². The normalized spacial score (nSPS) is 37.8. The predicted molar refractivity (Wildman–Crippen MR) is 71.2 cm³/mol. The summed E-state index contributed by atoms with van der Waals surface area (Å²) in [6.07, 6.45) is 4.37. The highest BCUT2D eigenvalue weighted by Gasteiger charge is 2.39. The smallest absolute Gasteiger partial charge is 0.0703 e. The first kappa shape index (κ1) is 13.3. The highest BCUT2D eigenvalue weighted by molar-refractivity contribution is 4.94. The molecular formula is C14H28N2O. The third-order valence-corrected chi connectivity index (χ3v) is 4.55. The van der Waals surface area contributed by atoms with E-state index in [0.717, 1.165) is 18.6 Å². The van der Waals surface area contributed by atoms with Gasteiger partial charge in [0.15, 0.2) is 0 Å². The van der Waals surface area contributed by atoms with Gasteiger partial charge >= 0.3 is 0 Å². The van der Waals surface area contributed by atoms with Gasteiger partial charge in [0.25, 0.3) is 0 Å². The van der Waals surface area contributed by atoms with Crippen molar-refractivity contribution in [2.45, 2.75) is 64.3 Å². The minimum atomic E-state index is 0.416. The zero-order valence-corrected chi connectivity index (χ0v) is 11.8. The largest absolute Gasteiger partial charge is 0.377 e. The van der Waals surface area contributed by atoms with E-state index in [1.807, 2.05) is 0 Å². The van der Waals surface area contributed by atoms with Crippen molar-refractivity contribution in [3.63, 3.8) is 0 Å². The standard InChI is InChI=1S/C14H28N2O/c1-10(2)15-9-12-5-6-14(12)16(4)13-7-8-17-11(13)3/h10-15H,5-9H2,1-4H3. The van der Waals surface area contributed by atoms with Crippen molar-refractivity contribution >= 4 is 0 Å². The summed E-state index contributed by atoms with van der Waals surface area (Å²) >= 11 is 0. The third kappa shape index (κ3) is 3.01. The molecular weight excluding hydrogens is 212 g/mol. The molecule has 3 heteroatoms. The Morgan fingerprint density at radius 2 is 2.00 bits per heavy atom. The van der Waals surface area contributed by atoms with Crippen LogP contribution in [0.25, 0.3) is 0 Å². The monoisotopic (exact) mass is 240 g/mol. The Labute approximate surface area is 106 Å². The van der Waals surface area contributed by atoms with Gasteiger partial charge in [-0.2, -0.15) is 0 Å². The molecule has 1 aliphatic heterocycles. The summed E-state index contributed by atoms with van der Waals surface area (Å²) in [5.41, 5.74) is 0. The van der Waals surface area contributed by atoms with E-state index in [1.165, 1.54) is 25.8 Å². The van der Waals surface area contributed by atoms with Crippen LogP contribution in [0, 0.1) is 5.92 Å². The molecule has 1 saturated heterocycles. The van der Waals surface area contributed by atoms with Gasteiger partial charge in [0.2, 0.25) is 0 Å². The fourth-order valence-electron chi connectivity index (χ4n) is 3.21. The second kappa shape index (κ2) is 5.68. The van der Waals surface area contributed by atoms with E-state index in [4.69, 9.17) is 4.74 Å². The first-order chi connectivity index (χ1) is 8.09. The molecule has 100 valence electrons. The van der Waals surface area contributed by atoms with Crippen LogP contribution in [0.2, 0.25) is 0 Å². The molecule has 0 aromatic heterocycles. The second-order valence-electron chi connectivity index (χ2n) is 6.07. The summed E-state index contributed by atoms with van der Waals surface area (Å²) in [5.74, 6) is 0.843. The Morgan fingerprint density at radius 1 is 1.24 bits per heavy atom. The number of nitrogens with zero attached hydrogens (tertiary/aromatic N) is 1. The SMILES string of the molecule is CC(C)NCC1CCC1N(C)C1CCOC1C. The minimum absolute atomic E-state index is 0.416. The topological polar surface area (TPSA) is 24.5 Å². The molecule has 4 unspecified atom stereocenters. The number of likely N-dealkylation sites (N-methyl/N-ethyl adjacent to an activating group) is 1. The van der Waals surface area contributed by atoms with E-state index in [1.54, 1.807) is 0 Å². The zero-order valence-electron chi connectivity index (χ0n) is 11.8. The molecule has 4 atom stereocenters. The molecule has 17 heavy (non-hydrogen) atoms. The number of rotatable bonds is 5. The Morgan fingerprint density at radius 3 is 2.47 bits per heavy atom. The molecule has 0 radical (unpaired) electrons. The van der Waals surface area contributed by atoms with Crippen molar-refractivity contribution in [3.05, 3.63) is 0 Å². The first-order valence-corrected chi connectivity index (χ1v) is 7.16. The van der Waals surface area contributed by atoms with E-state index in [0.29, 0.717) is 18.2 Å². The summed E-state index contributed by atoms with van der Waals surface area (Å²) < 4.78 is 5.68. The lowest BCUT2D eigenvalue weighted by Crippen LogP contribution is -2.54. The van der Waals surface area contributed by atoms with E-state index < -0.39 is 0 Å². The maximum absolute atomic E-state index is 5.68. The summed E-state index contributed by atoms with van der Waals surface area (Å²) in [6, 6.07) is 2.02. The van der Waals surface area contributed by atoms with E-state index >= 15 is 0 Å². The van der Waals surface area contributed by atoms with Crippen molar-refractivity contribution in [1.82, 2.24) is 10.2 Å². The Kier molecular flexibility index (Phi) is 4.45. The predicted octanol–water partition coefficient (Wildman–Crippen LogP) is 1.87. The van der Waals surface area contributed by atoms with Crippen molar-refractivity contribution in [2.24, 2.45) is 5.92 Å². The summed E-state index contributed by atoms with van der Waals surface area (Å²) in [4.78, 5) is 2.59. The van der Waals surface area contributed by atoms with Crippen molar-refractivity contribution in [1.29, 1.82) is 0 Å². The number of hydrogen-bond acceptors (Lipinski definition) is 3. The van der Waals surface area contributed by atoms with E-state index in [9.17, 15) is 0 Å². The van der Waals surface area contributed by atoms with Crippen LogP contribution in [0.4, 0.5) is 0 Å². The van der Waals surface area contributed by atoms with Crippen LogP contribution < -0.4 is 5.32 Å². The van der Waals surface area contributed by atoms with Gasteiger partial charge in [0, 0.05) is 24.7 Å². The highest BCUT2D eigenvalue weighted by atomic mass is 16.5. The van der Waals surface area contributed by atoms with Gasteiger partial charge in [0.1, 0.15) is 0 Å². The lowest BCUT2D eigenvalue weighted by Gasteiger charge is -2.46. The molecule has 0 spiro atoms. The third-order valence-electron chi connectivity index (χ3n) is 4.55. The maximum Gasteiger partial charge on any atom is 0.0703 e. The van der Waals surface area contributed by atoms with Gasteiger partial charge in [-0.3, -0.25) is 4.90 Å². The van der Waals surface area contributed by atoms with Crippen LogP contribution in [0.15, 0.2) is 0 Å². The van der Waals surface area contributed by atoms with Gasteiger partial charge in [-0.15, -0.1) is 0 Å².